The van der Waals surface area contributed by atoms with Crippen LogP contribution in [0.25, 0.3) is 0 Å². The third kappa shape index (κ3) is 4.73. The van der Waals surface area contributed by atoms with Crippen molar-refractivity contribution in [3.05, 3.63) is 66.5 Å². The van der Waals surface area contributed by atoms with Crippen LogP contribution in [0.5, 0.6) is 0 Å². The molecule has 7 nitrogen and oxygen atoms in total. The quantitative estimate of drug-likeness (QED) is 0.678. The van der Waals surface area contributed by atoms with Gasteiger partial charge in [-0.05, 0) is 43.3 Å². The van der Waals surface area contributed by atoms with Gasteiger partial charge in [0, 0.05) is 31.5 Å². The maximum absolute atomic E-state index is 12.4. The zero-order valence-electron chi connectivity index (χ0n) is 15.3. The second-order valence-electron chi connectivity index (χ2n) is 6.17. The van der Waals surface area contributed by atoms with Crippen LogP contribution < -0.4 is 14.9 Å². The molecule has 0 aliphatic carbocycles. The van der Waals surface area contributed by atoms with Crippen molar-refractivity contribution in [1.82, 2.24) is 9.97 Å². The van der Waals surface area contributed by atoms with Crippen LogP contribution in [-0.2, 0) is 10.0 Å². The SMILES string of the molecule is Cc1nc(Nc2ccc(NS(=O)(=O)c3ccccc3)cc2)cc(N(C)C)n1. The molecule has 0 bridgehead atoms. The number of aryl methyl sites for hydroxylation is 1. The lowest BCUT2D eigenvalue weighted by molar-refractivity contribution is 0.601. The first-order chi connectivity index (χ1) is 12.8. The molecule has 1 aromatic heterocycles. The molecule has 2 aromatic carbocycles. The smallest absolute Gasteiger partial charge is 0.261 e. The Morgan fingerprint density at radius 3 is 2.15 bits per heavy atom. The molecule has 0 aliphatic heterocycles. The van der Waals surface area contributed by atoms with E-state index in [4.69, 9.17) is 0 Å². The summed E-state index contributed by atoms with van der Waals surface area (Å²) < 4.78 is 27.3. The second kappa shape index (κ2) is 7.63. The van der Waals surface area contributed by atoms with Gasteiger partial charge in [0.25, 0.3) is 10.0 Å². The van der Waals surface area contributed by atoms with E-state index in [1.165, 1.54) is 0 Å². The van der Waals surface area contributed by atoms with Crippen LogP contribution >= 0.6 is 0 Å². The van der Waals surface area contributed by atoms with Crippen molar-refractivity contribution in [3.63, 3.8) is 0 Å². The van der Waals surface area contributed by atoms with E-state index < -0.39 is 10.0 Å². The van der Waals surface area contributed by atoms with Crippen molar-refractivity contribution < 1.29 is 8.42 Å². The molecule has 27 heavy (non-hydrogen) atoms. The maximum atomic E-state index is 12.4. The highest BCUT2D eigenvalue weighted by Crippen LogP contribution is 2.22. The minimum Gasteiger partial charge on any atom is -0.363 e. The summed E-state index contributed by atoms with van der Waals surface area (Å²) in [6.07, 6.45) is 0. The zero-order valence-corrected chi connectivity index (χ0v) is 16.2. The van der Waals surface area contributed by atoms with E-state index in [0.29, 0.717) is 17.3 Å². The normalized spacial score (nSPS) is 11.1. The van der Waals surface area contributed by atoms with Crippen molar-refractivity contribution in [2.24, 2.45) is 0 Å². The van der Waals surface area contributed by atoms with E-state index in [9.17, 15) is 8.42 Å². The van der Waals surface area contributed by atoms with Crippen molar-refractivity contribution in [3.8, 4) is 0 Å². The van der Waals surface area contributed by atoms with Crippen molar-refractivity contribution >= 4 is 33.0 Å². The summed E-state index contributed by atoms with van der Waals surface area (Å²) in [4.78, 5) is 10.9. The Kier molecular flexibility index (Phi) is 5.27. The van der Waals surface area contributed by atoms with E-state index in [1.807, 2.05) is 32.0 Å². The molecule has 0 atom stereocenters. The molecule has 0 aliphatic rings. The summed E-state index contributed by atoms with van der Waals surface area (Å²) in [6.45, 7) is 1.83. The van der Waals surface area contributed by atoms with Gasteiger partial charge in [-0.2, -0.15) is 0 Å². The molecule has 1 heterocycles. The molecule has 140 valence electrons. The average Bonchev–Trinajstić information content (AvgIpc) is 2.63. The molecule has 3 aromatic rings. The number of benzene rings is 2. The van der Waals surface area contributed by atoms with Crippen LogP contribution in [0.3, 0.4) is 0 Å². The predicted octanol–water partition coefficient (Wildman–Crippen LogP) is 3.40. The molecule has 2 N–H and O–H groups in total. The number of rotatable bonds is 6. The van der Waals surface area contributed by atoms with Crippen LogP contribution in [0.4, 0.5) is 23.0 Å². The summed E-state index contributed by atoms with van der Waals surface area (Å²) in [5.41, 5.74) is 1.28. The lowest BCUT2D eigenvalue weighted by atomic mass is 10.3. The van der Waals surface area contributed by atoms with E-state index >= 15 is 0 Å². The van der Waals surface area contributed by atoms with E-state index in [0.717, 1.165) is 11.5 Å². The molecule has 0 fully saturated rings. The Morgan fingerprint density at radius 1 is 0.889 bits per heavy atom. The standard InChI is InChI=1S/C19H21N5O2S/c1-14-20-18(13-19(21-14)24(2)3)22-15-9-11-16(12-10-15)23-27(25,26)17-7-5-4-6-8-17/h4-13,23H,1-3H3,(H,20,21,22). The monoisotopic (exact) mass is 383 g/mol. The Morgan fingerprint density at radius 2 is 1.52 bits per heavy atom. The summed E-state index contributed by atoms with van der Waals surface area (Å²) in [7, 11) is 0.229. The molecule has 0 saturated heterocycles. The number of hydrogen-bond donors (Lipinski definition) is 2. The van der Waals surface area contributed by atoms with Gasteiger partial charge in [0.1, 0.15) is 17.5 Å². The maximum Gasteiger partial charge on any atom is 0.261 e. The fourth-order valence-corrected chi connectivity index (χ4v) is 3.51. The number of nitrogens with one attached hydrogen (secondary N) is 2. The largest absolute Gasteiger partial charge is 0.363 e. The summed E-state index contributed by atoms with van der Waals surface area (Å²) in [5.74, 6) is 2.14. The van der Waals surface area contributed by atoms with Gasteiger partial charge in [0.2, 0.25) is 0 Å². The van der Waals surface area contributed by atoms with Crippen LogP contribution in [0.15, 0.2) is 65.6 Å². The number of hydrogen-bond acceptors (Lipinski definition) is 6. The molecular weight excluding hydrogens is 362 g/mol. The Hall–Kier alpha value is -3.13. The Labute approximate surface area is 159 Å². The van der Waals surface area contributed by atoms with Gasteiger partial charge in [-0.15, -0.1) is 0 Å². The van der Waals surface area contributed by atoms with E-state index in [2.05, 4.69) is 20.0 Å². The van der Waals surface area contributed by atoms with Gasteiger partial charge in [-0.3, -0.25) is 4.72 Å². The third-order valence-electron chi connectivity index (χ3n) is 3.75. The highest BCUT2D eigenvalue weighted by molar-refractivity contribution is 7.92. The van der Waals surface area contributed by atoms with Crippen LogP contribution in [0.1, 0.15) is 5.82 Å². The lowest BCUT2D eigenvalue weighted by Crippen LogP contribution is -2.13. The van der Waals surface area contributed by atoms with Gasteiger partial charge in [-0.1, -0.05) is 18.2 Å². The number of sulfonamides is 1. The molecule has 0 unspecified atom stereocenters. The molecule has 0 saturated carbocycles. The minimum absolute atomic E-state index is 0.222. The van der Waals surface area contributed by atoms with Gasteiger partial charge >= 0.3 is 0 Å². The number of nitrogens with zero attached hydrogens (tertiary/aromatic N) is 3. The first kappa shape index (κ1) is 18.7. The fourth-order valence-electron chi connectivity index (χ4n) is 2.43. The zero-order chi connectivity index (χ0) is 19.4. The predicted molar refractivity (Wildman–Crippen MR) is 108 cm³/mol. The van der Waals surface area contributed by atoms with Crippen LogP contribution in [0.2, 0.25) is 0 Å². The second-order valence-corrected chi connectivity index (χ2v) is 7.86. The summed E-state index contributed by atoms with van der Waals surface area (Å²) in [6, 6.07) is 17.1. The van der Waals surface area contributed by atoms with Gasteiger partial charge in [0.05, 0.1) is 4.90 Å². The highest BCUT2D eigenvalue weighted by atomic mass is 32.2. The summed E-state index contributed by atoms with van der Waals surface area (Å²) in [5, 5.41) is 3.21. The fraction of sp³-hybridized carbons (Fsp3) is 0.158. The van der Waals surface area contributed by atoms with E-state index in [-0.39, 0.29) is 4.90 Å². The van der Waals surface area contributed by atoms with Gasteiger partial charge in [-0.25, -0.2) is 18.4 Å². The average molecular weight is 383 g/mol. The minimum atomic E-state index is -3.60. The molecule has 3 rings (SSSR count). The highest BCUT2D eigenvalue weighted by Gasteiger charge is 2.13. The Bertz CT molecular complexity index is 1020. The van der Waals surface area contributed by atoms with Crippen LogP contribution in [0, 0.1) is 6.92 Å². The molecular formula is C19H21N5O2S. The molecule has 0 radical (unpaired) electrons. The number of anilines is 4. The first-order valence-corrected chi connectivity index (χ1v) is 9.80. The molecule has 0 amide bonds. The van der Waals surface area contributed by atoms with Crippen molar-refractivity contribution in [2.75, 3.05) is 29.0 Å². The number of aromatic nitrogens is 2. The van der Waals surface area contributed by atoms with Crippen LogP contribution in [-0.4, -0.2) is 32.5 Å². The lowest BCUT2D eigenvalue weighted by Gasteiger charge is -2.14. The Balaban J connectivity index is 1.75. The van der Waals surface area contributed by atoms with Crippen molar-refractivity contribution in [1.29, 1.82) is 0 Å². The molecule has 8 heteroatoms. The third-order valence-corrected chi connectivity index (χ3v) is 5.14. The van der Waals surface area contributed by atoms with Gasteiger partial charge < -0.3 is 10.2 Å². The van der Waals surface area contributed by atoms with Gasteiger partial charge in [0.15, 0.2) is 0 Å². The molecule has 0 spiro atoms. The first-order valence-electron chi connectivity index (χ1n) is 8.31. The topological polar surface area (TPSA) is 87.2 Å². The van der Waals surface area contributed by atoms with E-state index in [1.54, 1.807) is 54.6 Å². The summed E-state index contributed by atoms with van der Waals surface area (Å²) >= 11 is 0. The van der Waals surface area contributed by atoms with Crippen molar-refractivity contribution in [2.45, 2.75) is 11.8 Å².